The number of carbonyl (C=O) groups excluding carboxylic acids is 3. The molecule has 0 saturated carbocycles. The number of ether oxygens (including phenoxy) is 1. The van der Waals surface area contributed by atoms with Crippen molar-refractivity contribution >= 4 is 17.8 Å². The molecule has 22 heavy (non-hydrogen) atoms. The van der Waals surface area contributed by atoms with Gasteiger partial charge in [0.2, 0.25) is 5.91 Å². The van der Waals surface area contributed by atoms with Gasteiger partial charge in [0.1, 0.15) is 6.04 Å². The van der Waals surface area contributed by atoms with Crippen LogP contribution in [0.25, 0.3) is 0 Å². The maximum absolute atomic E-state index is 12.3. The van der Waals surface area contributed by atoms with Crippen LogP contribution in [0.4, 0.5) is 4.79 Å². The molecule has 1 N–H and O–H groups in total. The summed E-state index contributed by atoms with van der Waals surface area (Å²) in [4.78, 5) is 39.1. The molecule has 4 amide bonds. The largest absolute Gasteiger partial charge is 0.378 e. The van der Waals surface area contributed by atoms with Crippen molar-refractivity contribution in [2.24, 2.45) is 0 Å². The van der Waals surface area contributed by atoms with Gasteiger partial charge in [0.25, 0.3) is 5.91 Å². The van der Waals surface area contributed by atoms with Gasteiger partial charge in [-0.25, -0.2) is 4.79 Å². The van der Waals surface area contributed by atoms with E-state index in [0.29, 0.717) is 32.7 Å². The number of urea groups is 1. The van der Waals surface area contributed by atoms with Crippen molar-refractivity contribution < 1.29 is 19.1 Å². The van der Waals surface area contributed by atoms with Crippen molar-refractivity contribution in [2.75, 3.05) is 26.2 Å². The molecule has 0 bridgehead atoms. The molecule has 0 aromatic heterocycles. The second-order valence-corrected chi connectivity index (χ2v) is 5.73. The van der Waals surface area contributed by atoms with Crippen LogP contribution in [0.2, 0.25) is 0 Å². The first-order valence-electron chi connectivity index (χ1n) is 8.08. The summed E-state index contributed by atoms with van der Waals surface area (Å²) in [6.45, 7) is 6.26. The SMILES string of the molecule is CCCN1C(=O)NC(CC(=O)N2CCC(OCC)CC2)C1=O. The van der Waals surface area contributed by atoms with Crippen molar-refractivity contribution in [3.63, 3.8) is 0 Å². The van der Waals surface area contributed by atoms with Gasteiger partial charge in [-0.3, -0.25) is 14.5 Å². The van der Waals surface area contributed by atoms with Crippen molar-refractivity contribution in [2.45, 2.75) is 51.7 Å². The molecule has 0 aliphatic carbocycles. The van der Waals surface area contributed by atoms with Crippen LogP contribution < -0.4 is 5.32 Å². The second-order valence-electron chi connectivity index (χ2n) is 5.73. The van der Waals surface area contributed by atoms with E-state index in [2.05, 4.69) is 5.32 Å². The van der Waals surface area contributed by atoms with Crippen molar-refractivity contribution in [1.29, 1.82) is 0 Å². The lowest BCUT2D eigenvalue weighted by Crippen LogP contribution is -2.44. The molecule has 7 heteroatoms. The smallest absolute Gasteiger partial charge is 0.324 e. The van der Waals surface area contributed by atoms with Gasteiger partial charge in [-0.2, -0.15) is 0 Å². The van der Waals surface area contributed by atoms with Crippen molar-refractivity contribution in [3.05, 3.63) is 0 Å². The molecule has 2 fully saturated rings. The molecule has 1 atom stereocenters. The Morgan fingerprint density at radius 3 is 2.55 bits per heavy atom. The van der Waals surface area contributed by atoms with Crippen LogP contribution in [0.3, 0.4) is 0 Å². The zero-order valence-corrected chi connectivity index (χ0v) is 13.3. The lowest BCUT2D eigenvalue weighted by atomic mass is 10.1. The van der Waals surface area contributed by atoms with Gasteiger partial charge >= 0.3 is 6.03 Å². The zero-order chi connectivity index (χ0) is 16.1. The summed E-state index contributed by atoms with van der Waals surface area (Å²) in [5.74, 6) is -0.364. The number of nitrogens with one attached hydrogen (secondary N) is 1. The molecular formula is C15H25N3O4. The van der Waals surface area contributed by atoms with E-state index in [1.54, 1.807) is 4.90 Å². The van der Waals surface area contributed by atoms with Gasteiger partial charge in [-0.05, 0) is 26.2 Å². The third-order valence-corrected chi connectivity index (χ3v) is 4.13. The van der Waals surface area contributed by atoms with Crippen LogP contribution in [0.15, 0.2) is 0 Å². The Balaban J connectivity index is 1.83. The number of carbonyl (C=O) groups is 3. The summed E-state index contributed by atoms with van der Waals surface area (Å²) in [6, 6.07) is -1.10. The average Bonchev–Trinajstić information content (AvgIpc) is 2.76. The van der Waals surface area contributed by atoms with Gasteiger partial charge in [0, 0.05) is 26.2 Å². The number of likely N-dealkylation sites (tertiary alicyclic amines) is 1. The first-order valence-corrected chi connectivity index (χ1v) is 8.08. The normalized spacial score (nSPS) is 23.1. The number of amides is 4. The standard InChI is InChI=1S/C15H25N3O4/c1-3-7-18-14(20)12(16-15(18)21)10-13(19)17-8-5-11(6-9-17)22-4-2/h11-12H,3-10H2,1-2H3,(H,16,21). The molecule has 0 aromatic rings. The van der Waals surface area contributed by atoms with Crippen LogP contribution in [0.5, 0.6) is 0 Å². The molecule has 0 aromatic carbocycles. The van der Waals surface area contributed by atoms with Crippen LogP contribution in [-0.4, -0.2) is 66.0 Å². The Kier molecular flexibility index (Phi) is 5.76. The average molecular weight is 311 g/mol. The molecule has 124 valence electrons. The highest BCUT2D eigenvalue weighted by atomic mass is 16.5. The van der Waals surface area contributed by atoms with Gasteiger partial charge < -0.3 is 15.0 Å². The second kappa shape index (κ2) is 7.58. The number of hydrogen-bond acceptors (Lipinski definition) is 4. The summed E-state index contributed by atoms with van der Waals surface area (Å²) in [6.07, 6.45) is 2.63. The predicted octanol–water partition coefficient (Wildman–Crippen LogP) is 0.734. The van der Waals surface area contributed by atoms with Crippen LogP contribution in [0, 0.1) is 0 Å². The molecular weight excluding hydrogens is 286 g/mol. The maximum Gasteiger partial charge on any atom is 0.324 e. The topological polar surface area (TPSA) is 79.0 Å². The lowest BCUT2D eigenvalue weighted by molar-refractivity contribution is -0.137. The monoisotopic (exact) mass is 311 g/mol. The Morgan fingerprint density at radius 1 is 1.27 bits per heavy atom. The first-order chi connectivity index (χ1) is 10.6. The number of nitrogens with zero attached hydrogens (tertiary/aromatic N) is 2. The van der Waals surface area contributed by atoms with E-state index in [1.807, 2.05) is 13.8 Å². The molecule has 2 aliphatic rings. The number of imide groups is 1. The van der Waals surface area contributed by atoms with E-state index in [-0.39, 0.29) is 30.4 Å². The van der Waals surface area contributed by atoms with E-state index in [9.17, 15) is 14.4 Å². The summed E-state index contributed by atoms with van der Waals surface area (Å²) < 4.78 is 5.56. The zero-order valence-electron chi connectivity index (χ0n) is 13.3. The fourth-order valence-corrected chi connectivity index (χ4v) is 2.96. The van der Waals surface area contributed by atoms with Crippen LogP contribution in [-0.2, 0) is 14.3 Å². The van der Waals surface area contributed by atoms with Gasteiger partial charge in [-0.15, -0.1) is 0 Å². The number of hydrogen-bond donors (Lipinski definition) is 1. The Morgan fingerprint density at radius 2 is 1.95 bits per heavy atom. The molecule has 1 unspecified atom stereocenters. The Labute approximate surface area is 131 Å². The quantitative estimate of drug-likeness (QED) is 0.734. The summed E-state index contributed by atoms with van der Waals surface area (Å²) >= 11 is 0. The molecule has 2 aliphatic heterocycles. The fraction of sp³-hybridized carbons (Fsp3) is 0.800. The first kappa shape index (κ1) is 16.7. The van der Waals surface area contributed by atoms with Gasteiger partial charge in [0.15, 0.2) is 0 Å². The molecule has 7 nitrogen and oxygen atoms in total. The van der Waals surface area contributed by atoms with E-state index >= 15 is 0 Å². The Bertz CT molecular complexity index is 433. The van der Waals surface area contributed by atoms with E-state index < -0.39 is 6.04 Å². The highest BCUT2D eigenvalue weighted by Gasteiger charge is 2.39. The molecule has 0 spiro atoms. The minimum atomic E-state index is -0.712. The van der Waals surface area contributed by atoms with Crippen molar-refractivity contribution in [3.8, 4) is 0 Å². The number of rotatable bonds is 6. The van der Waals surface area contributed by atoms with Gasteiger partial charge in [-0.1, -0.05) is 6.92 Å². The Hall–Kier alpha value is -1.63. The summed E-state index contributed by atoms with van der Waals surface area (Å²) in [7, 11) is 0. The lowest BCUT2D eigenvalue weighted by Gasteiger charge is -2.32. The van der Waals surface area contributed by atoms with Crippen molar-refractivity contribution in [1.82, 2.24) is 15.1 Å². The van der Waals surface area contributed by atoms with E-state index in [0.717, 1.165) is 12.8 Å². The minimum Gasteiger partial charge on any atom is -0.378 e. The summed E-state index contributed by atoms with van der Waals surface area (Å²) in [5.41, 5.74) is 0. The third-order valence-electron chi connectivity index (χ3n) is 4.13. The highest BCUT2D eigenvalue weighted by molar-refractivity contribution is 6.05. The predicted molar refractivity (Wildman–Crippen MR) is 80.2 cm³/mol. The third kappa shape index (κ3) is 3.76. The minimum absolute atomic E-state index is 0.0457. The number of piperidine rings is 1. The van der Waals surface area contributed by atoms with Crippen LogP contribution >= 0.6 is 0 Å². The van der Waals surface area contributed by atoms with Gasteiger partial charge in [0.05, 0.1) is 12.5 Å². The van der Waals surface area contributed by atoms with Crippen LogP contribution in [0.1, 0.15) is 39.5 Å². The fourth-order valence-electron chi connectivity index (χ4n) is 2.96. The molecule has 0 radical (unpaired) electrons. The molecule has 2 heterocycles. The van der Waals surface area contributed by atoms with E-state index in [4.69, 9.17) is 4.74 Å². The summed E-state index contributed by atoms with van der Waals surface area (Å²) in [5, 5.41) is 2.60. The van der Waals surface area contributed by atoms with E-state index in [1.165, 1.54) is 4.90 Å². The molecule has 2 rings (SSSR count). The molecule has 2 saturated heterocycles. The maximum atomic E-state index is 12.3. The highest BCUT2D eigenvalue weighted by Crippen LogP contribution is 2.17.